The van der Waals surface area contributed by atoms with Gasteiger partial charge in [0.1, 0.15) is 0 Å². The normalized spacial score (nSPS) is 46.1. The number of hydrogen-bond donors (Lipinski definition) is 3. The van der Waals surface area contributed by atoms with E-state index in [0.29, 0.717) is 47.8 Å². The van der Waals surface area contributed by atoms with Crippen LogP contribution in [0.2, 0.25) is 0 Å². The van der Waals surface area contributed by atoms with Gasteiger partial charge in [0.2, 0.25) is 0 Å². The highest BCUT2D eigenvalue weighted by atomic mass is 16.3. The fourth-order valence-corrected chi connectivity index (χ4v) is 8.80. The van der Waals surface area contributed by atoms with E-state index in [1.807, 2.05) is 6.08 Å². The molecule has 0 spiro atoms. The number of hydrogen-bond acceptors (Lipinski definition) is 3. The first-order valence-electron chi connectivity index (χ1n) is 13.5. The van der Waals surface area contributed by atoms with Gasteiger partial charge in [-0.15, -0.1) is 0 Å². The lowest BCUT2D eigenvalue weighted by Gasteiger charge is -2.58. The maximum Gasteiger partial charge on any atom is 0.0751 e. The van der Waals surface area contributed by atoms with Gasteiger partial charge in [-0.2, -0.15) is 0 Å². The summed E-state index contributed by atoms with van der Waals surface area (Å²) in [6.45, 7) is 13.9. The molecule has 11 atom stereocenters. The Morgan fingerprint density at radius 1 is 1.06 bits per heavy atom. The van der Waals surface area contributed by atoms with Gasteiger partial charge in [0.05, 0.1) is 18.3 Å². The molecule has 0 radical (unpaired) electrons. The van der Waals surface area contributed by atoms with Crippen LogP contribution in [0.4, 0.5) is 0 Å². The summed E-state index contributed by atoms with van der Waals surface area (Å²) in [4.78, 5) is 0. The average molecular weight is 445 g/mol. The Hall–Kier alpha value is -0.640. The zero-order valence-electron chi connectivity index (χ0n) is 21.3. The van der Waals surface area contributed by atoms with E-state index < -0.39 is 12.2 Å². The van der Waals surface area contributed by atoms with Crippen LogP contribution in [0.15, 0.2) is 23.8 Å². The zero-order valence-corrected chi connectivity index (χ0v) is 21.3. The van der Waals surface area contributed by atoms with Crippen molar-refractivity contribution in [2.24, 2.45) is 52.3 Å². The second kappa shape index (κ2) is 8.86. The van der Waals surface area contributed by atoms with Crippen molar-refractivity contribution in [3.63, 3.8) is 0 Å². The fourth-order valence-electron chi connectivity index (χ4n) is 8.80. The van der Waals surface area contributed by atoms with Gasteiger partial charge in [0.25, 0.3) is 0 Å². The molecule has 3 N–H and O–H groups in total. The Kier molecular flexibility index (Phi) is 6.78. The number of aliphatic hydroxyl groups is 3. The molecule has 2 saturated carbocycles. The molecule has 3 heteroatoms. The van der Waals surface area contributed by atoms with Crippen molar-refractivity contribution in [1.82, 2.24) is 0 Å². The Morgan fingerprint density at radius 2 is 1.78 bits per heavy atom. The minimum Gasteiger partial charge on any atom is -0.393 e. The molecule has 0 heterocycles. The van der Waals surface area contributed by atoms with Crippen molar-refractivity contribution in [3.8, 4) is 0 Å². The van der Waals surface area contributed by atoms with Crippen LogP contribution in [0.5, 0.6) is 0 Å². The first kappa shape index (κ1) is 24.5. The van der Waals surface area contributed by atoms with Crippen LogP contribution in [0.25, 0.3) is 0 Å². The van der Waals surface area contributed by atoms with E-state index in [4.69, 9.17) is 0 Å². The zero-order chi connectivity index (χ0) is 23.4. The van der Waals surface area contributed by atoms with Crippen molar-refractivity contribution in [3.05, 3.63) is 23.8 Å². The largest absolute Gasteiger partial charge is 0.393 e. The minimum absolute atomic E-state index is 0.212. The van der Waals surface area contributed by atoms with E-state index in [0.717, 1.165) is 24.8 Å². The average Bonchev–Trinajstić information content (AvgIpc) is 3.09. The molecule has 2 fully saturated rings. The summed E-state index contributed by atoms with van der Waals surface area (Å²) in [5, 5.41) is 32.5. The van der Waals surface area contributed by atoms with Crippen LogP contribution in [0.1, 0.15) is 86.5 Å². The van der Waals surface area contributed by atoms with E-state index in [-0.39, 0.29) is 16.9 Å². The molecular formula is C29H48O3. The molecule has 0 aromatic heterocycles. The van der Waals surface area contributed by atoms with Crippen LogP contribution >= 0.6 is 0 Å². The third-order valence-electron chi connectivity index (χ3n) is 11.1. The number of allylic oxidation sites excluding steroid dienone is 2. The molecule has 0 aliphatic heterocycles. The summed E-state index contributed by atoms with van der Waals surface area (Å²) in [6.07, 6.45) is 12.7. The Labute approximate surface area is 196 Å². The Balaban J connectivity index is 1.55. The van der Waals surface area contributed by atoms with Crippen molar-refractivity contribution in [2.75, 3.05) is 0 Å². The predicted octanol–water partition coefficient (Wildman–Crippen LogP) is 5.74. The van der Waals surface area contributed by atoms with Gasteiger partial charge in [0.15, 0.2) is 0 Å². The summed E-state index contributed by atoms with van der Waals surface area (Å²) in [5.74, 6) is 3.70. The second-order valence-corrected chi connectivity index (χ2v) is 12.7. The summed E-state index contributed by atoms with van der Waals surface area (Å²) < 4.78 is 0. The van der Waals surface area contributed by atoms with Crippen LogP contribution in [0, 0.1) is 52.3 Å². The summed E-state index contributed by atoms with van der Waals surface area (Å²) in [6, 6.07) is 0. The quantitative estimate of drug-likeness (QED) is 0.489. The minimum atomic E-state index is -0.529. The molecule has 32 heavy (non-hydrogen) atoms. The highest BCUT2D eigenvalue weighted by molar-refractivity contribution is 5.38. The van der Waals surface area contributed by atoms with Crippen LogP contribution < -0.4 is 0 Å². The molecule has 0 amide bonds. The molecule has 4 aliphatic carbocycles. The van der Waals surface area contributed by atoms with E-state index in [2.05, 4.69) is 53.7 Å². The molecule has 0 aromatic carbocycles. The summed E-state index contributed by atoms with van der Waals surface area (Å²) in [7, 11) is 0. The van der Waals surface area contributed by atoms with Crippen molar-refractivity contribution in [2.45, 2.75) is 105 Å². The van der Waals surface area contributed by atoms with Gasteiger partial charge < -0.3 is 15.3 Å². The van der Waals surface area contributed by atoms with Gasteiger partial charge >= 0.3 is 0 Å². The number of aliphatic hydroxyl groups excluding tert-OH is 3. The summed E-state index contributed by atoms with van der Waals surface area (Å²) >= 11 is 0. The van der Waals surface area contributed by atoms with Gasteiger partial charge in [0, 0.05) is 11.8 Å². The van der Waals surface area contributed by atoms with E-state index in [1.165, 1.54) is 19.3 Å². The Bertz CT molecular complexity index is 741. The molecule has 182 valence electrons. The molecule has 0 unspecified atom stereocenters. The molecule has 0 bridgehead atoms. The van der Waals surface area contributed by atoms with Crippen LogP contribution in [0.3, 0.4) is 0 Å². The standard InChI is InChI=1S/C29H48O3/c1-7-19(17(2)3)14-26(31)18(4)23-10-11-24-22-9-8-20-15-21(30)16-27(32)29(20,6)25(22)12-13-28(23,24)5/h8-9,15,17-19,21-27,30-32H,7,10-14,16H2,1-6H3/t18-,19+,21+,22-,23+,24-,25-,26+,27-,28+,29-/m0/s1. The fraction of sp³-hybridized carbons (Fsp3) is 0.862. The van der Waals surface area contributed by atoms with E-state index in [1.54, 1.807) is 0 Å². The first-order valence-corrected chi connectivity index (χ1v) is 13.5. The molecule has 4 rings (SSSR count). The van der Waals surface area contributed by atoms with Crippen LogP contribution in [-0.4, -0.2) is 33.6 Å². The molecular weight excluding hydrogens is 396 g/mol. The monoisotopic (exact) mass is 444 g/mol. The van der Waals surface area contributed by atoms with Crippen molar-refractivity contribution < 1.29 is 15.3 Å². The third-order valence-corrected chi connectivity index (χ3v) is 11.1. The second-order valence-electron chi connectivity index (χ2n) is 12.7. The van der Waals surface area contributed by atoms with Crippen molar-refractivity contribution in [1.29, 1.82) is 0 Å². The predicted molar refractivity (Wildman–Crippen MR) is 131 cm³/mol. The lowest BCUT2D eigenvalue weighted by atomic mass is 9.47. The highest BCUT2D eigenvalue weighted by Crippen LogP contribution is 2.66. The number of fused-ring (bicyclic) bond motifs is 5. The van der Waals surface area contributed by atoms with Gasteiger partial charge in [-0.25, -0.2) is 0 Å². The summed E-state index contributed by atoms with van der Waals surface area (Å²) in [5.41, 5.74) is 1.17. The van der Waals surface area contributed by atoms with Crippen LogP contribution in [-0.2, 0) is 0 Å². The molecule has 3 nitrogen and oxygen atoms in total. The lowest BCUT2D eigenvalue weighted by Crippen LogP contribution is -2.54. The van der Waals surface area contributed by atoms with E-state index >= 15 is 0 Å². The van der Waals surface area contributed by atoms with E-state index in [9.17, 15) is 15.3 Å². The van der Waals surface area contributed by atoms with Gasteiger partial charge in [-0.05, 0) is 84.5 Å². The maximum absolute atomic E-state index is 11.2. The van der Waals surface area contributed by atoms with Gasteiger partial charge in [-0.1, -0.05) is 66.2 Å². The third kappa shape index (κ3) is 3.75. The molecule has 0 saturated heterocycles. The molecule has 0 aromatic rings. The SMILES string of the molecule is CC[C@H](C[C@@H](O)[C@@H](C)[C@H]1CC[C@H]2[C@@H]3C=CC4=C[C@@H](O)C[C@H](O)[C@]4(C)[C@H]3CC[C@]12C)C(C)C. The lowest BCUT2D eigenvalue weighted by molar-refractivity contribution is -0.0864. The van der Waals surface area contributed by atoms with Gasteiger partial charge in [-0.3, -0.25) is 0 Å². The van der Waals surface area contributed by atoms with Crippen molar-refractivity contribution >= 4 is 0 Å². The Morgan fingerprint density at radius 3 is 2.44 bits per heavy atom. The topological polar surface area (TPSA) is 60.7 Å². The highest BCUT2D eigenvalue weighted by Gasteiger charge is 2.60. The smallest absolute Gasteiger partial charge is 0.0751 e. The molecule has 4 aliphatic rings. The maximum atomic E-state index is 11.2. The first-order chi connectivity index (χ1) is 15.0. The number of rotatable bonds is 6.